The highest BCUT2D eigenvalue weighted by atomic mass is 35.5. The molecule has 0 amide bonds. The van der Waals surface area contributed by atoms with E-state index in [4.69, 9.17) is 27.6 Å². The van der Waals surface area contributed by atoms with Gasteiger partial charge >= 0.3 is 0 Å². The van der Waals surface area contributed by atoms with Crippen LogP contribution in [0.4, 0.5) is 0 Å². The van der Waals surface area contributed by atoms with Crippen molar-refractivity contribution in [3.05, 3.63) is 28.1 Å². The summed E-state index contributed by atoms with van der Waals surface area (Å²) in [6.07, 6.45) is 2.19. The number of oxazole rings is 1. The highest BCUT2D eigenvalue weighted by molar-refractivity contribution is 6.39. The summed E-state index contributed by atoms with van der Waals surface area (Å²) >= 11 is 12.1. The zero-order chi connectivity index (χ0) is 11.1. The van der Waals surface area contributed by atoms with Crippen molar-refractivity contribution in [2.75, 3.05) is 6.54 Å². The Morgan fingerprint density at radius 3 is 2.81 bits per heavy atom. The van der Waals surface area contributed by atoms with E-state index in [1.165, 1.54) is 0 Å². The van der Waals surface area contributed by atoms with Gasteiger partial charge in [0.15, 0.2) is 5.58 Å². The van der Waals surface area contributed by atoms with Gasteiger partial charge in [-0.05, 0) is 31.5 Å². The zero-order valence-corrected chi connectivity index (χ0v) is 9.98. The SMILES string of the molecule is Clc1ccc(Cl)c2oc(C3CCCN3)nc12. The first-order chi connectivity index (χ1) is 7.75. The minimum absolute atomic E-state index is 0.194. The number of nitrogens with one attached hydrogen (secondary N) is 1. The molecule has 2 heterocycles. The van der Waals surface area contributed by atoms with Crippen LogP contribution >= 0.6 is 23.2 Å². The second-order valence-corrected chi connectivity index (χ2v) is 4.72. The van der Waals surface area contributed by atoms with Gasteiger partial charge in [0.2, 0.25) is 5.89 Å². The largest absolute Gasteiger partial charge is 0.437 e. The van der Waals surface area contributed by atoms with Gasteiger partial charge in [-0.1, -0.05) is 23.2 Å². The molecular formula is C11H10Cl2N2O. The average Bonchev–Trinajstić information content (AvgIpc) is 2.90. The van der Waals surface area contributed by atoms with Crippen LogP contribution < -0.4 is 5.32 Å². The quantitative estimate of drug-likeness (QED) is 0.848. The summed E-state index contributed by atoms with van der Waals surface area (Å²) in [6, 6.07) is 3.66. The van der Waals surface area contributed by atoms with Gasteiger partial charge in [0.25, 0.3) is 0 Å². The minimum atomic E-state index is 0.194. The molecular weight excluding hydrogens is 247 g/mol. The van der Waals surface area contributed by atoms with Crippen molar-refractivity contribution in [1.82, 2.24) is 10.3 Å². The molecule has 1 unspecified atom stereocenters. The molecule has 1 aromatic carbocycles. The van der Waals surface area contributed by atoms with Gasteiger partial charge in [0.05, 0.1) is 16.1 Å². The van der Waals surface area contributed by atoms with Crippen LogP contribution in [0.5, 0.6) is 0 Å². The molecule has 3 nitrogen and oxygen atoms in total. The summed E-state index contributed by atoms with van der Waals surface area (Å²) in [7, 11) is 0. The Hall–Kier alpha value is -0.770. The average molecular weight is 257 g/mol. The van der Waals surface area contributed by atoms with E-state index in [1.54, 1.807) is 12.1 Å². The Balaban J connectivity index is 2.14. The van der Waals surface area contributed by atoms with Crippen LogP contribution in [0, 0.1) is 0 Å². The summed E-state index contributed by atoms with van der Waals surface area (Å²) in [5.74, 6) is 0.683. The molecule has 2 aromatic rings. The van der Waals surface area contributed by atoms with E-state index in [0.717, 1.165) is 19.4 Å². The van der Waals surface area contributed by atoms with Gasteiger partial charge in [-0.15, -0.1) is 0 Å². The first kappa shape index (κ1) is 10.4. The predicted molar refractivity (Wildman–Crippen MR) is 64.0 cm³/mol. The van der Waals surface area contributed by atoms with Crippen LogP contribution in [0.15, 0.2) is 16.5 Å². The third-order valence-electron chi connectivity index (χ3n) is 2.82. The standard InChI is InChI=1S/C11H10Cl2N2O/c12-6-3-4-7(13)10-9(6)15-11(16-10)8-2-1-5-14-8/h3-4,8,14H,1-2,5H2. The number of rotatable bonds is 1. The van der Waals surface area contributed by atoms with Crippen molar-refractivity contribution in [3.63, 3.8) is 0 Å². The molecule has 0 radical (unpaired) electrons. The Morgan fingerprint density at radius 1 is 1.31 bits per heavy atom. The van der Waals surface area contributed by atoms with Crippen LogP contribution in [0.3, 0.4) is 0 Å². The summed E-state index contributed by atoms with van der Waals surface area (Å²) in [6.45, 7) is 1.00. The van der Waals surface area contributed by atoms with Crippen LogP contribution in [-0.4, -0.2) is 11.5 Å². The van der Waals surface area contributed by atoms with E-state index in [2.05, 4.69) is 10.3 Å². The fourth-order valence-electron chi connectivity index (χ4n) is 2.01. The topological polar surface area (TPSA) is 38.1 Å². The lowest BCUT2D eigenvalue weighted by molar-refractivity contribution is 0.452. The molecule has 3 rings (SSSR count). The normalized spacial score (nSPS) is 20.8. The lowest BCUT2D eigenvalue weighted by Crippen LogP contribution is -2.12. The zero-order valence-electron chi connectivity index (χ0n) is 8.46. The molecule has 1 aliphatic rings. The van der Waals surface area contributed by atoms with E-state index < -0.39 is 0 Å². The third kappa shape index (κ3) is 1.59. The molecule has 0 spiro atoms. The lowest BCUT2D eigenvalue weighted by Gasteiger charge is -2.02. The number of fused-ring (bicyclic) bond motifs is 1. The van der Waals surface area contributed by atoms with Crippen molar-refractivity contribution in [2.45, 2.75) is 18.9 Å². The monoisotopic (exact) mass is 256 g/mol. The fourth-order valence-corrected chi connectivity index (χ4v) is 2.39. The van der Waals surface area contributed by atoms with Gasteiger partial charge in [0.1, 0.15) is 5.52 Å². The summed E-state index contributed by atoms with van der Waals surface area (Å²) in [5, 5.41) is 4.46. The molecule has 0 aliphatic carbocycles. The molecule has 0 bridgehead atoms. The second kappa shape index (κ2) is 3.91. The van der Waals surface area contributed by atoms with Crippen molar-refractivity contribution in [3.8, 4) is 0 Å². The van der Waals surface area contributed by atoms with E-state index in [0.29, 0.717) is 27.0 Å². The molecule has 1 N–H and O–H groups in total. The maximum absolute atomic E-state index is 6.05. The van der Waals surface area contributed by atoms with Crippen molar-refractivity contribution in [1.29, 1.82) is 0 Å². The Labute approximate surface area is 103 Å². The number of aromatic nitrogens is 1. The van der Waals surface area contributed by atoms with Gasteiger partial charge in [-0.2, -0.15) is 0 Å². The van der Waals surface area contributed by atoms with E-state index >= 15 is 0 Å². The molecule has 1 aliphatic heterocycles. The molecule has 1 atom stereocenters. The number of hydrogen-bond donors (Lipinski definition) is 1. The molecule has 5 heteroatoms. The van der Waals surface area contributed by atoms with Crippen molar-refractivity contribution < 1.29 is 4.42 Å². The summed E-state index contributed by atoms with van der Waals surface area (Å²) in [4.78, 5) is 4.41. The molecule has 1 saturated heterocycles. The van der Waals surface area contributed by atoms with Crippen LogP contribution in [0.2, 0.25) is 10.0 Å². The smallest absolute Gasteiger partial charge is 0.212 e. The first-order valence-electron chi connectivity index (χ1n) is 5.23. The maximum Gasteiger partial charge on any atom is 0.212 e. The predicted octanol–water partition coefficient (Wildman–Crippen LogP) is 3.56. The second-order valence-electron chi connectivity index (χ2n) is 3.91. The molecule has 0 saturated carbocycles. The maximum atomic E-state index is 6.05. The molecule has 1 aromatic heterocycles. The summed E-state index contributed by atoms with van der Waals surface area (Å²) in [5.41, 5.74) is 1.23. The van der Waals surface area contributed by atoms with Gasteiger partial charge in [-0.25, -0.2) is 4.98 Å². The number of hydrogen-bond acceptors (Lipinski definition) is 3. The molecule has 84 valence electrons. The van der Waals surface area contributed by atoms with E-state index in [1.807, 2.05) is 0 Å². The Morgan fingerprint density at radius 2 is 2.12 bits per heavy atom. The third-order valence-corrected chi connectivity index (χ3v) is 3.42. The highest BCUT2D eigenvalue weighted by Gasteiger charge is 2.23. The molecule has 16 heavy (non-hydrogen) atoms. The Bertz CT molecular complexity index is 493. The minimum Gasteiger partial charge on any atom is -0.437 e. The summed E-state index contributed by atoms with van der Waals surface area (Å²) < 4.78 is 5.67. The first-order valence-corrected chi connectivity index (χ1v) is 5.99. The van der Waals surface area contributed by atoms with Crippen LogP contribution in [0.25, 0.3) is 11.1 Å². The van der Waals surface area contributed by atoms with Gasteiger partial charge < -0.3 is 9.73 Å². The number of halogens is 2. The van der Waals surface area contributed by atoms with E-state index in [9.17, 15) is 0 Å². The van der Waals surface area contributed by atoms with E-state index in [-0.39, 0.29) is 6.04 Å². The van der Waals surface area contributed by atoms with Crippen molar-refractivity contribution in [2.24, 2.45) is 0 Å². The Kier molecular flexibility index (Phi) is 2.54. The fraction of sp³-hybridized carbons (Fsp3) is 0.364. The highest BCUT2D eigenvalue weighted by Crippen LogP contribution is 2.33. The van der Waals surface area contributed by atoms with Crippen LogP contribution in [0.1, 0.15) is 24.8 Å². The lowest BCUT2D eigenvalue weighted by atomic mass is 10.2. The van der Waals surface area contributed by atoms with Crippen molar-refractivity contribution >= 4 is 34.3 Å². The van der Waals surface area contributed by atoms with Gasteiger partial charge in [0, 0.05) is 0 Å². The molecule has 1 fully saturated rings. The number of nitrogens with zero attached hydrogens (tertiary/aromatic N) is 1. The number of benzene rings is 1. The van der Waals surface area contributed by atoms with Gasteiger partial charge in [-0.3, -0.25) is 0 Å². The van der Waals surface area contributed by atoms with Crippen LogP contribution in [-0.2, 0) is 0 Å².